The molecule has 0 saturated heterocycles. The molecule has 0 unspecified atom stereocenters. The molecule has 0 spiro atoms. The lowest BCUT2D eigenvalue weighted by Crippen LogP contribution is -2.53. The smallest absolute Gasteiger partial charge is 0.264 e. The molecule has 0 bridgehead atoms. The molecule has 4 aromatic rings. The molecule has 0 aromatic heterocycles. The number of hydrogen-bond acceptors (Lipinski definition) is 4. The van der Waals surface area contributed by atoms with Gasteiger partial charge in [-0.25, -0.2) is 8.42 Å². The molecule has 1 atom stereocenters. The van der Waals surface area contributed by atoms with Gasteiger partial charge in [-0.1, -0.05) is 108 Å². The molecule has 0 saturated carbocycles. The maximum absolute atomic E-state index is 14.5. The number of amides is 2. The van der Waals surface area contributed by atoms with Crippen LogP contribution >= 0.6 is 34.8 Å². The molecule has 0 fully saturated rings. The Morgan fingerprint density at radius 2 is 1.51 bits per heavy atom. The summed E-state index contributed by atoms with van der Waals surface area (Å²) in [6.45, 7) is 3.54. The van der Waals surface area contributed by atoms with Gasteiger partial charge in [-0.2, -0.15) is 0 Å². The number of aryl methyl sites for hydroxylation is 1. The highest BCUT2D eigenvalue weighted by Crippen LogP contribution is 2.35. The zero-order valence-corrected chi connectivity index (χ0v) is 28.0. The third-order valence-corrected chi connectivity index (χ3v) is 9.97. The fourth-order valence-corrected chi connectivity index (χ4v) is 6.87. The molecule has 4 rings (SSSR count). The molecule has 4 aromatic carbocycles. The third-order valence-electron chi connectivity index (χ3n) is 7.15. The molecule has 11 heteroatoms. The highest BCUT2D eigenvalue weighted by atomic mass is 35.5. The monoisotopic (exact) mass is 685 g/mol. The lowest BCUT2D eigenvalue weighted by molar-refractivity contribution is -0.140. The Bertz CT molecular complexity index is 1740. The second-order valence-corrected chi connectivity index (χ2v) is 13.6. The molecule has 7 nitrogen and oxygen atoms in total. The summed E-state index contributed by atoms with van der Waals surface area (Å²) in [4.78, 5) is 29.6. The zero-order valence-electron chi connectivity index (χ0n) is 24.9. The largest absolute Gasteiger partial charge is 0.354 e. The van der Waals surface area contributed by atoms with Gasteiger partial charge in [0.1, 0.15) is 12.6 Å². The minimum absolute atomic E-state index is 0.00185. The van der Waals surface area contributed by atoms with E-state index in [1.807, 2.05) is 44.2 Å². The molecule has 236 valence electrons. The van der Waals surface area contributed by atoms with Gasteiger partial charge in [0.15, 0.2) is 0 Å². The van der Waals surface area contributed by atoms with Crippen molar-refractivity contribution in [1.82, 2.24) is 10.2 Å². The molecule has 1 N–H and O–H groups in total. The molecule has 2 amide bonds. The van der Waals surface area contributed by atoms with Crippen LogP contribution < -0.4 is 9.62 Å². The van der Waals surface area contributed by atoms with Crippen molar-refractivity contribution < 1.29 is 18.0 Å². The highest BCUT2D eigenvalue weighted by Gasteiger charge is 2.35. The Labute approximate surface area is 279 Å². The quantitative estimate of drug-likeness (QED) is 0.160. The van der Waals surface area contributed by atoms with Crippen LogP contribution in [0.15, 0.2) is 102 Å². The predicted octanol–water partition coefficient (Wildman–Crippen LogP) is 7.32. The molecule has 0 aliphatic carbocycles. The van der Waals surface area contributed by atoms with Crippen molar-refractivity contribution in [3.63, 3.8) is 0 Å². The second-order valence-electron chi connectivity index (χ2n) is 10.5. The molecule has 0 aliphatic rings. The van der Waals surface area contributed by atoms with Gasteiger partial charge in [0.25, 0.3) is 10.0 Å². The number of sulfonamides is 1. The van der Waals surface area contributed by atoms with E-state index in [0.29, 0.717) is 23.6 Å². The number of anilines is 1. The van der Waals surface area contributed by atoms with E-state index in [2.05, 4.69) is 5.32 Å². The summed E-state index contributed by atoms with van der Waals surface area (Å²) in [5, 5.41) is 3.49. The summed E-state index contributed by atoms with van der Waals surface area (Å²) >= 11 is 19.2. The summed E-state index contributed by atoms with van der Waals surface area (Å²) in [6, 6.07) is 26.2. The summed E-state index contributed by atoms with van der Waals surface area (Å²) in [5.74, 6) is -0.973. The van der Waals surface area contributed by atoms with E-state index in [1.54, 1.807) is 42.5 Å². The van der Waals surface area contributed by atoms with Gasteiger partial charge in [-0.15, -0.1) is 0 Å². The van der Waals surface area contributed by atoms with Crippen molar-refractivity contribution in [3.8, 4) is 0 Å². The molecule has 0 heterocycles. The van der Waals surface area contributed by atoms with Crippen LogP contribution in [0.4, 0.5) is 5.69 Å². The van der Waals surface area contributed by atoms with Gasteiger partial charge in [-0.05, 0) is 60.9 Å². The van der Waals surface area contributed by atoms with Crippen LogP contribution in [0, 0.1) is 6.92 Å². The number of halogens is 3. The van der Waals surface area contributed by atoms with E-state index in [9.17, 15) is 18.0 Å². The number of rotatable bonds is 13. The number of nitrogens with one attached hydrogen (secondary N) is 1. The minimum atomic E-state index is -4.32. The molecule has 0 aliphatic heterocycles. The number of hydrogen-bond donors (Lipinski definition) is 1. The van der Waals surface area contributed by atoms with Gasteiger partial charge in [-0.3, -0.25) is 13.9 Å². The zero-order chi connectivity index (χ0) is 32.6. The van der Waals surface area contributed by atoms with E-state index in [4.69, 9.17) is 34.8 Å². The van der Waals surface area contributed by atoms with Crippen LogP contribution in [0.5, 0.6) is 0 Å². The summed E-state index contributed by atoms with van der Waals surface area (Å²) < 4.78 is 29.3. The van der Waals surface area contributed by atoms with Gasteiger partial charge < -0.3 is 10.2 Å². The molecular formula is C34H34Cl3N3O4S. The minimum Gasteiger partial charge on any atom is -0.354 e. The third kappa shape index (κ3) is 8.79. The first-order valence-electron chi connectivity index (χ1n) is 14.4. The van der Waals surface area contributed by atoms with E-state index in [-0.39, 0.29) is 39.5 Å². The number of nitrogens with zero attached hydrogens (tertiary/aromatic N) is 2. The standard InChI is InChI=1S/C34H34Cl3N3O4S/c1-3-19-38-34(42)31(21-25-9-5-4-6-10-25)39(22-26-11-7-12-27(35)20-26)32(41)23-40(30-14-8-13-29(36)33(30)37)45(43,44)28-17-15-24(2)16-18-28/h4-18,20,31H,3,19,21-23H2,1-2H3,(H,38,42)/t31-/m0/s1. The SMILES string of the molecule is CCCNC(=O)[C@H](Cc1ccccc1)N(Cc1cccc(Cl)c1)C(=O)CN(c1cccc(Cl)c1Cl)S(=O)(=O)c1ccc(C)cc1. The molecule has 45 heavy (non-hydrogen) atoms. The van der Waals surface area contributed by atoms with E-state index in [1.165, 1.54) is 29.2 Å². The van der Waals surface area contributed by atoms with Crippen molar-refractivity contribution in [3.05, 3.63) is 129 Å². The lowest BCUT2D eigenvalue weighted by atomic mass is 10.0. The topological polar surface area (TPSA) is 86.8 Å². The Morgan fingerprint density at radius 1 is 0.844 bits per heavy atom. The fourth-order valence-electron chi connectivity index (χ4n) is 4.79. The average Bonchev–Trinajstić information content (AvgIpc) is 3.02. The fraction of sp³-hybridized carbons (Fsp3) is 0.235. The second kappa shape index (κ2) is 15.6. The lowest BCUT2D eigenvalue weighted by Gasteiger charge is -2.34. The number of carbonyl (C=O) groups is 2. The summed E-state index contributed by atoms with van der Waals surface area (Å²) in [7, 11) is -4.32. The Kier molecular flexibility index (Phi) is 11.9. The normalized spacial score (nSPS) is 11.9. The molecule has 0 radical (unpaired) electrons. The maximum Gasteiger partial charge on any atom is 0.264 e. The first-order chi connectivity index (χ1) is 21.5. The predicted molar refractivity (Wildman–Crippen MR) is 181 cm³/mol. The van der Waals surface area contributed by atoms with Crippen LogP contribution in [0.1, 0.15) is 30.0 Å². The van der Waals surface area contributed by atoms with Gasteiger partial charge >= 0.3 is 0 Å². The summed E-state index contributed by atoms with van der Waals surface area (Å²) in [5.41, 5.74) is 2.41. The van der Waals surface area contributed by atoms with E-state index < -0.39 is 28.5 Å². The van der Waals surface area contributed by atoms with E-state index >= 15 is 0 Å². The average molecular weight is 687 g/mol. The van der Waals surface area contributed by atoms with Crippen LogP contribution in [0.25, 0.3) is 0 Å². The van der Waals surface area contributed by atoms with Crippen molar-refractivity contribution in [2.75, 3.05) is 17.4 Å². The maximum atomic E-state index is 14.5. The Morgan fingerprint density at radius 3 is 2.18 bits per heavy atom. The van der Waals surface area contributed by atoms with Crippen molar-refractivity contribution in [2.24, 2.45) is 0 Å². The Hall–Kier alpha value is -3.56. The van der Waals surface area contributed by atoms with Gasteiger partial charge in [0.05, 0.1) is 20.6 Å². The van der Waals surface area contributed by atoms with Gasteiger partial charge in [0, 0.05) is 24.5 Å². The summed E-state index contributed by atoms with van der Waals surface area (Å²) in [6.07, 6.45) is 0.896. The molecular weight excluding hydrogens is 653 g/mol. The van der Waals surface area contributed by atoms with Crippen molar-refractivity contribution in [1.29, 1.82) is 0 Å². The van der Waals surface area contributed by atoms with Crippen LogP contribution in [-0.2, 0) is 32.6 Å². The van der Waals surface area contributed by atoms with Crippen LogP contribution in [-0.4, -0.2) is 44.3 Å². The van der Waals surface area contributed by atoms with Crippen LogP contribution in [0.3, 0.4) is 0 Å². The van der Waals surface area contributed by atoms with Gasteiger partial charge in [0.2, 0.25) is 11.8 Å². The Balaban J connectivity index is 1.83. The highest BCUT2D eigenvalue weighted by molar-refractivity contribution is 7.92. The van der Waals surface area contributed by atoms with E-state index in [0.717, 1.165) is 15.4 Å². The number of benzene rings is 4. The number of carbonyl (C=O) groups excluding carboxylic acids is 2. The van der Waals surface area contributed by atoms with Crippen molar-refractivity contribution >= 4 is 62.3 Å². The van der Waals surface area contributed by atoms with Crippen LogP contribution in [0.2, 0.25) is 15.1 Å². The first kappa shape index (κ1) is 34.3. The first-order valence-corrected chi connectivity index (χ1v) is 17.0. The van der Waals surface area contributed by atoms with Crippen molar-refractivity contribution in [2.45, 2.75) is 44.2 Å².